The molecule has 0 spiro atoms. The lowest BCUT2D eigenvalue weighted by Crippen LogP contribution is -2.45. The summed E-state index contributed by atoms with van der Waals surface area (Å²) in [4.78, 5) is 12.5. The van der Waals surface area contributed by atoms with Gasteiger partial charge in [0.25, 0.3) is 0 Å². The molecule has 5 nitrogen and oxygen atoms in total. The Morgan fingerprint density at radius 2 is 1.79 bits per heavy atom. The molecule has 1 fully saturated rings. The van der Waals surface area contributed by atoms with E-state index in [0.717, 1.165) is 36.1 Å². The van der Waals surface area contributed by atoms with Crippen LogP contribution in [0.1, 0.15) is 36.8 Å². The third-order valence-electron chi connectivity index (χ3n) is 5.02. The summed E-state index contributed by atoms with van der Waals surface area (Å²) in [5, 5.41) is 2.87. The number of hydrogen-bond donors (Lipinski definition) is 1. The van der Waals surface area contributed by atoms with Crippen molar-refractivity contribution < 1.29 is 17.6 Å². The molecule has 1 amide bonds. The Bertz CT molecular complexity index is 912. The second-order valence-electron chi connectivity index (χ2n) is 7.19. The summed E-state index contributed by atoms with van der Waals surface area (Å²) in [6.45, 7) is 2.79. The maximum Gasteiger partial charge on any atom is 0.243 e. The van der Waals surface area contributed by atoms with E-state index in [-0.39, 0.29) is 23.3 Å². The van der Waals surface area contributed by atoms with Crippen molar-refractivity contribution in [3.8, 4) is 0 Å². The number of amides is 1. The smallest absolute Gasteiger partial charge is 0.243 e. The van der Waals surface area contributed by atoms with E-state index in [1.54, 1.807) is 0 Å². The number of sulfonamides is 1. The monoisotopic (exact) mass is 404 g/mol. The van der Waals surface area contributed by atoms with Crippen molar-refractivity contribution in [1.82, 2.24) is 9.62 Å². The van der Waals surface area contributed by atoms with Crippen LogP contribution in [-0.2, 0) is 21.4 Å². The predicted molar refractivity (Wildman–Crippen MR) is 106 cm³/mol. The van der Waals surface area contributed by atoms with Gasteiger partial charge in [-0.2, -0.15) is 4.31 Å². The number of carbonyl (C=O) groups is 1. The van der Waals surface area contributed by atoms with Crippen LogP contribution in [0.25, 0.3) is 0 Å². The fourth-order valence-electron chi connectivity index (χ4n) is 3.43. The molecule has 1 aliphatic heterocycles. The Morgan fingerprint density at radius 1 is 1.11 bits per heavy atom. The van der Waals surface area contributed by atoms with Gasteiger partial charge in [0, 0.05) is 25.6 Å². The molecule has 1 atom stereocenters. The average Bonchev–Trinajstić information content (AvgIpc) is 2.68. The number of aryl methyl sites for hydroxylation is 1. The first-order chi connectivity index (χ1) is 13.4. The Balaban J connectivity index is 1.66. The van der Waals surface area contributed by atoms with E-state index in [1.165, 1.54) is 16.4 Å². The van der Waals surface area contributed by atoms with Gasteiger partial charge in [0.15, 0.2) is 0 Å². The van der Waals surface area contributed by atoms with Crippen LogP contribution in [-0.4, -0.2) is 31.2 Å². The van der Waals surface area contributed by atoms with Crippen LogP contribution in [0.15, 0.2) is 53.4 Å². The van der Waals surface area contributed by atoms with Gasteiger partial charge in [0.1, 0.15) is 5.82 Å². The summed E-state index contributed by atoms with van der Waals surface area (Å²) >= 11 is 0. The zero-order valence-corrected chi connectivity index (χ0v) is 16.7. The quantitative estimate of drug-likeness (QED) is 0.803. The summed E-state index contributed by atoms with van der Waals surface area (Å²) in [7, 11) is -3.76. The average molecular weight is 405 g/mol. The molecular weight excluding hydrogens is 379 g/mol. The Hall–Kier alpha value is -2.25. The van der Waals surface area contributed by atoms with Gasteiger partial charge in [-0.05, 0) is 49.6 Å². The van der Waals surface area contributed by atoms with Crippen molar-refractivity contribution in [3.05, 3.63) is 65.5 Å². The lowest BCUT2D eigenvalue weighted by molar-refractivity contribution is -0.122. The standard InChI is InChI=1S/C21H25FN2O3S/c1-16-5-7-17(8-6-16)15-23-21(25)14-19-4-2-3-13-24(19)28(26,27)20-11-9-18(22)10-12-20/h5-12,19H,2-4,13-15H2,1H3,(H,23,25)/t19-/m0/s1. The van der Waals surface area contributed by atoms with Gasteiger partial charge in [-0.15, -0.1) is 0 Å². The van der Waals surface area contributed by atoms with Crippen molar-refractivity contribution >= 4 is 15.9 Å². The van der Waals surface area contributed by atoms with Crippen molar-refractivity contribution in [2.24, 2.45) is 0 Å². The molecule has 2 aromatic rings. The fraction of sp³-hybridized carbons (Fsp3) is 0.381. The van der Waals surface area contributed by atoms with Crippen molar-refractivity contribution in [3.63, 3.8) is 0 Å². The lowest BCUT2D eigenvalue weighted by atomic mass is 10.0. The highest BCUT2D eigenvalue weighted by molar-refractivity contribution is 7.89. The molecular formula is C21H25FN2O3S. The summed E-state index contributed by atoms with van der Waals surface area (Å²) < 4.78 is 40.5. The van der Waals surface area contributed by atoms with Crippen molar-refractivity contribution in [1.29, 1.82) is 0 Å². The fourth-order valence-corrected chi connectivity index (χ4v) is 5.12. The highest BCUT2D eigenvalue weighted by atomic mass is 32.2. The zero-order chi connectivity index (χ0) is 20.1. The van der Waals surface area contributed by atoms with E-state index in [0.29, 0.717) is 19.5 Å². The van der Waals surface area contributed by atoms with Crippen LogP contribution in [0, 0.1) is 12.7 Å². The number of piperidine rings is 1. The molecule has 150 valence electrons. The van der Waals surface area contributed by atoms with E-state index >= 15 is 0 Å². The summed E-state index contributed by atoms with van der Waals surface area (Å²) in [6.07, 6.45) is 2.39. The van der Waals surface area contributed by atoms with E-state index < -0.39 is 15.8 Å². The van der Waals surface area contributed by atoms with Crippen LogP contribution in [0.3, 0.4) is 0 Å². The van der Waals surface area contributed by atoms with Gasteiger partial charge in [0.2, 0.25) is 15.9 Å². The highest BCUT2D eigenvalue weighted by Gasteiger charge is 2.34. The van der Waals surface area contributed by atoms with E-state index in [9.17, 15) is 17.6 Å². The molecule has 2 aromatic carbocycles. The molecule has 1 N–H and O–H groups in total. The summed E-state index contributed by atoms with van der Waals surface area (Å²) in [6, 6.07) is 12.3. The number of rotatable bonds is 6. The van der Waals surface area contributed by atoms with Gasteiger partial charge in [-0.1, -0.05) is 36.2 Å². The Labute approximate surface area is 165 Å². The number of nitrogens with one attached hydrogen (secondary N) is 1. The zero-order valence-electron chi connectivity index (χ0n) is 15.9. The first-order valence-corrected chi connectivity index (χ1v) is 10.9. The Morgan fingerprint density at radius 3 is 2.46 bits per heavy atom. The summed E-state index contributed by atoms with van der Waals surface area (Å²) in [5.41, 5.74) is 2.15. The van der Waals surface area contributed by atoms with Crippen LogP contribution >= 0.6 is 0 Å². The maximum atomic E-state index is 13.2. The van der Waals surface area contributed by atoms with Crippen LogP contribution in [0.5, 0.6) is 0 Å². The van der Waals surface area contributed by atoms with Crippen LogP contribution in [0.2, 0.25) is 0 Å². The van der Waals surface area contributed by atoms with Gasteiger partial charge in [-0.3, -0.25) is 4.79 Å². The molecule has 28 heavy (non-hydrogen) atoms. The van der Waals surface area contributed by atoms with Crippen molar-refractivity contribution in [2.45, 2.75) is 50.1 Å². The molecule has 0 aromatic heterocycles. The molecule has 0 saturated carbocycles. The third kappa shape index (κ3) is 4.97. The number of carbonyl (C=O) groups excluding carboxylic acids is 1. The van der Waals surface area contributed by atoms with Crippen molar-refractivity contribution in [2.75, 3.05) is 6.54 Å². The van der Waals surface area contributed by atoms with Gasteiger partial charge in [0.05, 0.1) is 4.90 Å². The molecule has 3 rings (SSSR count). The van der Waals surface area contributed by atoms with Gasteiger partial charge < -0.3 is 5.32 Å². The minimum Gasteiger partial charge on any atom is -0.352 e. The van der Waals surface area contributed by atoms with Gasteiger partial charge in [-0.25, -0.2) is 12.8 Å². The maximum absolute atomic E-state index is 13.2. The van der Waals surface area contributed by atoms with Gasteiger partial charge >= 0.3 is 0 Å². The first kappa shape index (κ1) is 20.5. The summed E-state index contributed by atoms with van der Waals surface area (Å²) in [5.74, 6) is -0.656. The number of hydrogen-bond acceptors (Lipinski definition) is 3. The molecule has 1 aliphatic rings. The Kier molecular flexibility index (Phi) is 6.46. The van der Waals surface area contributed by atoms with Crippen LogP contribution in [0.4, 0.5) is 4.39 Å². The minimum absolute atomic E-state index is 0.0564. The lowest BCUT2D eigenvalue weighted by Gasteiger charge is -2.34. The molecule has 1 heterocycles. The molecule has 0 bridgehead atoms. The van der Waals surface area contributed by atoms with Crippen LogP contribution < -0.4 is 5.32 Å². The minimum atomic E-state index is -3.76. The number of nitrogens with zero attached hydrogens (tertiary/aromatic N) is 1. The second kappa shape index (κ2) is 8.84. The normalized spacial score (nSPS) is 18.0. The molecule has 1 saturated heterocycles. The number of benzene rings is 2. The largest absolute Gasteiger partial charge is 0.352 e. The van der Waals surface area contributed by atoms with E-state index in [4.69, 9.17) is 0 Å². The SMILES string of the molecule is Cc1ccc(CNC(=O)C[C@@H]2CCCCN2S(=O)(=O)c2ccc(F)cc2)cc1. The highest BCUT2D eigenvalue weighted by Crippen LogP contribution is 2.27. The molecule has 7 heteroatoms. The number of halogens is 1. The molecule has 0 radical (unpaired) electrons. The molecule has 0 unspecified atom stereocenters. The van der Waals surface area contributed by atoms with E-state index in [1.807, 2.05) is 31.2 Å². The second-order valence-corrected chi connectivity index (χ2v) is 9.08. The third-order valence-corrected chi connectivity index (χ3v) is 6.99. The molecule has 0 aliphatic carbocycles. The first-order valence-electron chi connectivity index (χ1n) is 9.46. The predicted octanol–water partition coefficient (Wildman–Crippen LogP) is 3.38. The van der Waals surface area contributed by atoms with E-state index in [2.05, 4.69) is 5.32 Å². The topological polar surface area (TPSA) is 66.5 Å².